The van der Waals surface area contributed by atoms with Crippen LogP contribution < -0.4 is 10.6 Å². The second-order valence-corrected chi connectivity index (χ2v) is 5.12. The molecule has 0 atom stereocenters. The summed E-state index contributed by atoms with van der Waals surface area (Å²) >= 11 is 9.13. The van der Waals surface area contributed by atoms with Gasteiger partial charge in [0.05, 0.1) is 10.7 Å². The van der Waals surface area contributed by atoms with Crippen molar-refractivity contribution in [2.45, 2.75) is 0 Å². The molecule has 1 heterocycles. The summed E-state index contributed by atoms with van der Waals surface area (Å²) < 4.78 is 13.4. The maximum Gasteiger partial charge on any atom is 0.275 e. The highest BCUT2D eigenvalue weighted by molar-refractivity contribution is 9.10. The third-order valence-electron chi connectivity index (χ3n) is 2.50. The number of carbonyl (C=O) groups excluding carboxylic acids is 1. The zero-order valence-electron chi connectivity index (χ0n) is 10.4. The quantitative estimate of drug-likeness (QED) is 0.874. The van der Waals surface area contributed by atoms with Gasteiger partial charge in [0.1, 0.15) is 17.3 Å². The first-order chi connectivity index (χ1) is 9.51. The van der Waals surface area contributed by atoms with Crippen LogP contribution in [0.25, 0.3) is 0 Å². The Morgan fingerprint density at radius 3 is 2.75 bits per heavy atom. The minimum absolute atomic E-state index is 0.0924. The first-order valence-electron chi connectivity index (χ1n) is 5.62. The van der Waals surface area contributed by atoms with Crippen LogP contribution >= 0.6 is 27.5 Å². The fraction of sp³-hybridized carbons (Fsp3) is 0.0769. The molecular formula is C13H10BrClFN3O. The fourth-order valence-corrected chi connectivity index (χ4v) is 2.15. The van der Waals surface area contributed by atoms with Crippen LogP contribution in [0.2, 0.25) is 5.02 Å². The van der Waals surface area contributed by atoms with Gasteiger partial charge in [-0.25, -0.2) is 9.37 Å². The monoisotopic (exact) mass is 357 g/mol. The zero-order chi connectivity index (χ0) is 14.7. The number of nitrogens with zero attached hydrogens (tertiary/aromatic N) is 1. The molecule has 0 aliphatic carbocycles. The lowest BCUT2D eigenvalue weighted by atomic mass is 10.3. The highest BCUT2D eigenvalue weighted by Crippen LogP contribution is 2.24. The van der Waals surface area contributed by atoms with Crippen molar-refractivity contribution in [2.75, 3.05) is 17.7 Å². The Bertz CT molecular complexity index is 666. The minimum atomic E-state index is -0.473. The molecule has 2 rings (SSSR count). The molecule has 7 heteroatoms. The maximum absolute atomic E-state index is 13.0. The molecule has 4 nitrogen and oxygen atoms in total. The highest BCUT2D eigenvalue weighted by Gasteiger charge is 2.14. The molecule has 2 N–H and O–H groups in total. The summed E-state index contributed by atoms with van der Waals surface area (Å²) in [5.41, 5.74) is 0.527. The normalized spacial score (nSPS) is 10.2. The number of hydrogen-bond donors (Lipinski definition) is 2. The Balaban J connectivity index is 2.28. The van der Waals surface area contributed by atoms with Gasteiger partial charge in [-0.2, -0.15) is 0 Å². The van der Waals surface area contributed by atoms with Crippen molar-refractivity contribution in [2.24, 2.45) is 0 Å². The Hall–Kier alpha value is -1.66. The van der Waals surface area contributed by atoms with E-state index in [0.29, 0.717) is 16.0 Å². The lowest BCUT2D eigenvalue weighted by Crippen LogP contribution is -2.15. The highest BCUT2D eigenvalue weighted by atomic mass is 79.9. The van der Waals surface area contributed by atoms with E-state index in [1.165, 1.54) is 18.2 Å². The van der Waals surface area contributed by atoms with Gasteiger partial charge in [0.25, 0.3) is 5.91 Å². The van der Waals surface area contributed by atoms with E-state index in [0.717, 1.165) is 0 Å². The summed E-state index contributed by atoms with van der Waals surface area (Å²) in [6, 6.07) is 7.20. The molecule has 0 aliphatic heterocycles. The Morgan fingerprint density at radius 2 is 2.10 bits per heavy atom. The van der Waals surface area contributed by atoms with E-state index in [1.807, 2.05) is 0 Å². The van der Waals surface area contributed by atoms with Crippen LogP contribution in [0.15, 0.2) is 34.8 Å². The second kappa shape index (κ2) is 6.19. The molecule has 0 saturated carbocycles. The van der Waals surface area contributed by atoms with E-state index >= 15 is 0 Å². The number of pyridine rings is 1. The molecule has 1 aromatic heterocycles. The van der Waals surface area contributed by atoms with E-state index in [9.17, 15) is 9.18 Å². The summed E-state index contributed by atoms with van der Waals surface area (Å²) in [6.07, 6.45) is 0. The Kier molecular flexibility index (Phi) is 4.57. The van der Waals surface area contributed by atoms with Gasteiger partial charge in [-0.15, -0.1) is 0 Å². The number of rotatable bonds is 3. The van der Waals surface area contributed by atoms with Gasteiger partial charge in [-0.1, -0.05) is 11.6 Å². The fourth-order valence-electron chi connectivity index (χ4n) is 1.51. The van der Waals surface area contributed by atoms with Crippen molar-refractivity contribution in [3.05, 3.63) is 51.3 Å². The smallest absolute Gasteiger partial charge is 0.275 e. The summed E-state index contributed by atoms with van der Waals surface area (Å²) in [6.45, 7) is 0. The van der Waals surface area contributed by atoms with Crippen LogP contribution in [0, 0.1) is 5.82 Å². The average molecular weight is 359 g/mol. The molecule has 2 aromatic rings. The van der Waals surface area contributed by atoms with Crippen molar-refractivity contribution in [3.63, 3.8) is 0 Å². The molecule has 0 saturated heterocycles. The molecule has 104 valence electrons. The largest absolute Gasteiger partial charge is 0.373 e. The lowest BCUT2D eigenvalue weighted by Gasteiger charge is -2.09. The van der Waals surface area contributed by atoms with Crippen LogP contribution in [0.5, 0.6) is 0 Å². The second-order valence-electron chi connectivity index (χ2n) is 3.86. The third-order valence-corrected chi connectivity index (χ3v) is 3.46. The van der Waals surface area contributed by atoms with Gasteiger partial charge in [0, 0.05) is 11.5 Å². The summed E-state index contributed by atoms with van der Waals surface area (Å²) in [7, 11) is 1.69. The van der Waals surface area contributed by atoms with Crippen molar-refractivity contribution >= 4 is 44.9 Å². The zero-order valence-corrected chi connectivity index (χ0v) is 12.7. The molecule has 0 bridgehead atoms. The predicted molar refractivity (Wildman–Crippen MR) is 80.8 cm³/mol. The van der Waals surface area contributed by atoms with E-state index in [-0.39, 0.29) is 10.7 Å². The topological polar surface area (TPSA) is 54.0 Å². The number of amides is 1. The van der Waals surface area contributed by atoms with Crippen molar-refractivity contribution < 1.29 is 9.18 Å². The van der Waals surface area contributed by atoms with Crippen molar-refractivity contribution in [3.8, 4) is 0 Å². The van der Waals surface area contributed by atoms with Gasteiger partial charge in [0.15, 0.2) is 0 Å². The van der Waals surface area contributed by atoms with Gasteiger partial charge >= 0.3 is 0 Å². The standard InChI is InChI=1S/C13H10BrClFN3O/c1-17-11-5-3-9(15)12(19-11)13(20)18-10-4-2-7(16)6-8(10)14/h2-6H,1H3,(H,17,19)(H,18,20). The van der Waals surface area contributed by atoms with E-state index in [1.54, 1.807) is 19.2 Å². The van der Waals surface area contributed by atoms with Crippen molar-refractivity contribution in [1.82, 2.24) is 4.98 Å². The van der Waals surface area contributed by atoms with Gasteiger partial charge in [-0.05, 0) is 46.3 Å². The van der Waals surface area contributed by atoms with Gasteiger partial charge < -0.3 is 10.6 Å². The number of hydrogen-bond acceptors (Lipinski definition) is 3. The van der Waals surface area contributed by atoms with Crippen LogP contribution in [0.3, 0.4) is 0 Å². The number of nitrogens with one attached hydrogen (secondary N) is 2. The molecule has 0 radical (unpaired) electrons. The third kappa shape index (κ3) is 3.26. The summed E-state index contributed by atoms with van der Waals surface area (Å²) in [5.74, 6) is -0.347. The SMILES string of the molecule is CNc1ccc(Cl)c(C(=O)Nc2ccc(F)cc2Br)n1. The van der Waals surface area contributed by atoms with Gasteiger partial charge in [0.2, 0.25) is 0 Å². The van der Waals surface area contributed by atoms with Crippen LogP contribution in [-0.2, 0) is 0 Å². The Morgan fingerprint density at radius 1 is 1.35 bits per heavy atom. The first-order valence-corrected chi connectivity index (χ1v) is 6.79. The van der Waals surface area contributed by atoms with E-state index in [2.05, 4.69) is 31.5 Å². The average Bonchev–Trinajstić information content (AvgIpc) is 2.42. The van der Waals surface area contributed by atoms with E-state index < -0.39 is 11.7 Å². The predicted octanol–water partition coefficient (Wildman–Crippen LogP) is 3.93. The lowest BCUT2D eigenvalue weighted by molar-refractivity contribution is 0.102. The first kappa shape index (κ1) is 14.7. The molecule has 1 amide bonds. The minimum Gasteiger partial charge on any atom is -0.373 e. The van der Waals surface area contributed by atoms with Gasteiger partial charge in [-0.3, -0.25) is 4.79 Å². The number of anilines is 2. The number of aromatic nitrogens is 1. The molecule has 20 heavy (non-hydrogen) atoms. The number of benzene rings is 1. The molecule has 0 unspecified atom stereocenters. The van der Waals surface area contributed by atoms with Crippen molar-refractivity contribution in [1.29, 1.82) is 0 Å². The summed E-state index contributed by atoms with van der Waals surface area (Å²) in [5, 5.41) is 5.68. The molecule has 0 aliphatic rings. The molecular weight excluding hydrogens is 349 g/mol. The number of carbonyl (C=O) groups is 1. The van der Waals surface area contributed by atoms with Crippen LogP contribution in [-0.4, -0.2) is 17.9 Å². The molecule has 0 spiro atoms. The molecule has 1 aromatic carbocycles. The number of halogens is 3. The summed E-state index contributed by atoms with van der Waals surface area (Å²) in [4.78, 5) is 16.2. The maximum atomic E-state index is 13.0. The molecule has 0 fully saturated rings. The van der Waals surface area contributed by atoms with E-state index in [4.69, 9.17) is 11.6 Å². The Labute approximate surface area is 128 Å². The van der Waals surface area contributed by atoms with Crippen LogP contribution in [0.4, 0.5) is 15.9 Å². The van der Waals surface area contributed by atoms with Crippen LogP contribution in [0.1, 0.15) is 10.5 Å².